The highest BCUT2D eigenvalue weighted by atomic mass is 16.6. The molecule has 6 nitrogen and oxygen atoms in total. The van der Waals surface area contributed by atoms with Crippen molar-refractivity contribution >= 4 is 12.1 Å². The average molecular weight is 285 g/mol. The molecule has 20 heavy (non-hydrogen) atoms. The van der Waals surface area contributed by atoms with Gasteiger partial charge >= 0.3 is 12.1 Å². The Labute approximate surface area is 119 Å². The molecule has 0 aromatic rings. The highest BCUT2D eigenvalue weighted by Crippen LogP contribution is 2.35. The van der Waals surface area contributed by atoms with Gasteiger partial charge in [-0.25, -0.2) is 4.79 Å². The summed E-state index contributed by atoms with van der Waals surface area (Å²) in [6.07, 6.45) is -0.435. The van der Waals surface area contributed by atoms with Crippen molar-refractivity contribution in [2.45, 2.75) is 39.4 Å². The van der Waals surface area contributed by atoms with Crippen LogP contribution >= 0.6 is 0 Å². The Kier molecular flexibility index (Phi) is 4.22. The van der Waals surface area contributed by atoms with E-state index in [9.17, 15) is 9.59 Å². The van der Waals surface area contributed by atoms with Crippen molar-refractivity contribution in [3.63, 3.8) is 0 Å². The van der Waals surface area contributed by atoms with Crippen molar-refractivity contribution in [1.82, 2.24) is 4.90 Å². The Hall–Kier alpha value is -1.30. The minimum absolute atomic E-state index is 0.0153. The largest absolute Gasteiger partial charge is 0.466 e. The summed E-state index contributed by atoms with van der Waals surface area (Å²) in [4.78, 5) is 25.5. The van der Waals surface area contributed by atoms with Crippen molar-refractivity contribution in [2.75, 3.05) is 26.3 Å². The number of likely N-dealkylation sites (tertiary alicyclic amines) is 1. The number of ether oxygens (including phenoxy) is 3. The summed E-state index contributed by atoms with van der Waals surface area (Å²) in [5.41, 5.74) is -0.518. The van der Waals surface area contributed by atoms with Gasteiger partial charge in [-0.1, -0.05) is 0 Å². The fraction of sp³-hybridized carbons (Fsp3) is 0.857. The van der Waals surface area contributed by atoms with E-state index in [1.54, 1.807) is 11.8 Å². The van der Waals surface area contributed by atoms with Crippen molar-refractivity contribution in [3.05, 3.63) is 0 Å². The molecule has 6 heteroatoms. The van der Waals surface area contributed by atoms with Gasteiger partial charge in [0.15, 0.2) is 0 Å². The fourth-order valence-electron chi connectivity index (χ4n) is 2.68. The number of hydrogen-bond acceptors (Lipinski definition) is 5. The van der Waals surface area contributed by atoms with Gasteiger partial charge in [0.2, 0.25) is 0 Å². The molecule has 0 aliphatic carbocycles. The molecule has 0 aromatic heterocycles. The van der Waals surface area contributed by atoms with E-state index in [-0.39, 0.29) is 30.0 Å². The van der Waals surface area contributed by atoms with Gasteiger partial charge in [0, 0.05) is 12.5 Å². The Balaban J connectivity index is 1.95. The first-order valence-corrected chi connectivity index (χ1v) is 7.08. The van der Waals surface area contributed by atoms with E-state index in [2.05, 4.69) is 0 Å². The van der Waals surface area contributed by atoms with E-state index in [1.807, 2.05) is 20.8 Å². The SMILES string of the molecule is CCOC(=O)[C@@H]1CO[C@@H]2CN(C(=O)OC(C)(C)C)C[C@@H]21. The van der Waals surface area contributed by atoms with Gasteiger partial charge in [0.1, 0.15) is 5.60 Å². The minimum Gasteiger partial charge on any atom is -0.466 e. The smallest absolute Gasteiger partial charge is 0.410 e. The first-order chi connectivity index (χ1) is 9.31. The molecule has 2 aliphatic rings. The van der Waals surface area contributed by atoms with Crippen LogP contribution in [0.25, 0.3) is 0 Å². The maximum atomic E-state index is 12.0. The number of amides is 1. The number of rotatable bonds is 2. The monoisotopic (exact) mass is 285 g/mol. The summed E-state index contributed by atoms with van der Waals surface area (Å²) < 4.78 is 16.0. The third-order valence-corrected chi connectivity index (χ3v) is 3.56. The molecule has 0 radical (unpaired) electrons. The number of nitrogens with zero attached hydrogens (tertiary/aromatic N) is 1. The number of carbonyl (C=O) groups is 2. The van der Waals surface area contributed by atoms with Crippen LogP contribution in [0, 0.1) is 11.8 Å². The third-order valence-electron chi connectivity index (χ3n) is 3.56. The second-order valence-electron chi connectivity index (χ2n) is 6.28. The summed E-state index contributed by atoms with van der Waals surface area (Å²) in [5, 5.41) is 0. The van der Waals surface area contributed by atoms with E-state index in [0.717, 1.165) is 0 Å². The second kappa shape index (κ2) is 5.60. The van der Waals surface area contributed by atoms with Crippen LogP contribution in [0.3, 0.4) is 0 Å². The van der Waals surface area contributed by atoms with Gasteiger partial charge in [-0.05, 0) is 27.7 Å². The molecule has 0 saturated carbocycles. The van der Waals surface area contributed by atoms with Gasteiger partial charge in [-0.3, -0.25) is 4.79 Å². The molecular weight excluding hydrogens is 262 g/mol. The third kappa shape index (κ3) is 3.23. The van der Waals surface area contributed by atoms with Crippen molar-refractivity contribution in [1.29, 1.82) is 0 Å². The summed E-state index contributed by atoms with van der Waals surface area (Å²) >= 11 is 0. The second-order valence-corrected chi connectivity index (χ2v) is 6.28. The predicted molar refractivity (Wildman–Crippen MR) is 71.2 cm³/mol. The van der Waals surface area contributed by atoms with Gasteiger partial charge in [-0.15, -0.1) is 0 Å². The zero-order valence-corrected chi connectivity index (χ0v) is 12.5. The van der Waals surface area contributed by atoms with Crippen LogP contribution in [0.5, 0.6) is 0 Å². The first kappa shape index (κ1) is 15.1. The van der Waals surface area contributed by atoms with Crippen molar-refractivity contribution in [2.24, 2.45) is 11.8 Å². The zero-order chi connectivity index (χ0) is 14.9. The van der Waals surface area contributed by atoms with Crippen LogP contribution in [0.1, 0.15) is 27.7 Å². The molecule has 114 valence electrons. The maximum absolute atomic E-state index is 12.0. The van der Waals surface area contributed by atoms with Crippen LogP contribution in [-0.2, 0) is 19.0 Å². The predicted octanol–water partition coefficient (Wildman–Crippen LogP) is 1.43. The fourth-order valence-corrected chi connectivity index (χ4v) is 2.68. The van der Waals surface area contributed by atoms with E-state index < -0.39 is 5.60 Å². The summed E-state index contributed by atoms with van der Waals surface area (Å²) in [5.74, 6) is -0.486. The lowest BCUT2D eigenvalue weighted by Crippen LogP contribution is -2.37. The molecular formula is C14H23NO5. The van der Waals surface area contributed by atoms with E-state index in [4.69, 9.17) is 14.2 Å². The van der Waals surface area contributed by atoms with Crippen LogP contribution in [0.15, 0.2) is 0 Å². The molecule has 2 aliphatic heterocycles. The van der Waals surface area contributed by atoms with Crippen LogP contribution in [-0.4, -0.2) is 55.0 Å². The van der Waals surface area contributed by atoms with Gasteiger partial charge in [0.25, 0.3) is 0 Å². The Morgan fingerprint density at radius 1 is 1.30 bits per heavy atom. The lowest BCUT2D eigenvalue weighted by Gasteiger charge is -2.25. The van der Waals surface area contributed by atoms with Crippen LogP contribution in [0.2, 0.25) is 0 Å². The molecule has 0 aromatic carbocycles. The minimum atomic E-state index is -0.518. The average Bonchev–Trinajstić information content (AvgIpc) is 2.85. The lowest BCUT2D eigenvalue weighted by atomic mass is 9.93. The number of hydrogen-bond donors (Lipinski definition) is 0. The van der Waals surface area contributed by atoms with Crippen LogP contribution in [0.4, 0.5) is 4.79 Å². The highest BCUT2D eigenvalue weighted by Gasteiger charge is 2.49. The molecule has 2 rings (SSSR count). The molecule has 2 fully saturated rings. The first-order valence-electron chi connectivity index (χ1n) is 7.08. The summed E-state index contributed by atoms with van der Waals surface area (Å²) in [6, 6.07) is 0. The molecule has 2 heterocycles. The van der Waals surface area contributed by atoms with Crippen molar-refractivity contribution < 1.29 is 23.8 Å². The summed E-state index contributed by atoms with van der Waals surface area (Å²) in [7, 11) is 0. The number of esters is 1. The number of fused-ring (bicyclic) bond motifs is 1. The Morgan fingerprint density at radius 2 is 2.00 bits per heavy atom. The highest BCUT2D eigenvalue weighted by molar-refractivity contribution is 5.74. The quantitative estimate of drug-likeness (QED) is 0.718. The van der Waals surface area contributed by atoms with Crippen LogP contribution < -0.4 is 0 Å². The Bertz CT molecular complexity index is 390. The molecule has 2 saturated heterocycles. The Morgan fingerprint density at radius 3 is 2.60 bits per heavy atom. The molecule has 0 bridgehead atoms. The standard InChI is InChI=1S/C14H23NO5/c1-5-18-12(16)10-8-19-11-7-15(6-9(10)11)13(17)20-14(2,3)4/h9-11H,5-8H2,1-4H3/t9-,10-,11-/m1/s1. The topological polar surface area (TPSA) is 65.1 Å². The molecule has 3 atom stereocenters. The molecule has 0 unspecified atom stereocenters. The van der Waals surface area contributed by atoms with Crippen molar-refractivity contribution in [3.8, 4) is 0 Å². The number of carbonyl (C=O) groups excluding carboxylic acids is 2. The van der Waals surface area contributed by atoms with E-state index in [1.165, 1.54) is 0 Å². The van der Waals surface area contributed by atoms with Gasteiger partial charge in [-0.2, -0.15) is 0 Å². The molecule has 0 spiro atoms. The maximum Gasteiger partial charge on any atom is 0.410 e. The molecule has 0 N–H and O–H groups in total. The van der Waals surface area contributed by atoms with E-state index in [0.29, 0.717) is 26.3 Å². The van der Waals surface area contributed by atoms with Gasteiger partial charge < -0.3 is 19.1 Å². The normalized spacial score (nSPS) is 29.2. The summed E-state index contributed by atoms with van der Waals surface area (Å²) in [6.45, 7) is 9.00. The lowest BCUT2D eigenvalue weighted by molar-refractivity contribution is -0.149. The molecule has 1 amide bonds. The van der Waals surface area contributed by atoms with E-state index >= 15 is 0 Å². The zero-order valence-electron chi connectivity index (χ0n) is 12.5. The van der Waals surface area contributed by atoms with Gasteiger partial charge in [0.05, 0.1) is 31.8 Å².